The normalized spacial score (nSPS) is 15.8. The van der Waals surface area contributed by atoms with E-state index in [2.05, 4.69) is 35.4 Å². The number of anilines is 1. The van der Waals surface area contributed by atoms with Crippen LogP contribution in [0, 0.1) is 0 Å². The first-order chi connectivity index (χ1) is 14.4. The van der Waals surface area contributed by atoms with E-state index in [9.17, 15) is 9.59 Å². The summed E-state index contributed by atoms with van der Waals surface area (Å²) in [4.78, 5) is 26.8. The molecule has 3 aromatic rings. The largest absolute Gasteiger partial charge is 0.454 e. The fourth-order valence-electron chi connectivity index (χ4n) is 3.70. The van der Waals surface area contributed by atoms with Crippen LogP contribution < -0.4 is 4.90 Å². The van der Waals surface area contributed by atoms with Gasteiger partial charge in [0.05, 0.1) is 11.3 Å². The highest BCUT2D eigenvalue weighted by atomic mass is 16.5. The van der Waals surface area contributed by atoms with Crippen molar-refractivity contribution in [2.24, 2.45) is 0 Å². The summed E-state index contributed by atoms with van der Waals surface area (Å²) in [6, 6.07) is 14.7. The van der Waals surface area contributed by atoms with Crippen molar-refractivity contribution in [1.82, 2.24) is 20.2 Å². The second kappa shape index (κ2) is 7.55. The van der Waals surface area contributed by atoms with Crippen molar-refractivity contribution in [3.63, 3.8) is 0 Å². The van der Waals surface area contributed by atoms with Crippen LogP contribution in [0.2, 0.25) is 0 Å². The SMILES string of the molecule is CN1/C(=C\C(=O)COC(=O)c2ccc(-n3cnnn3)cc2)C(C)(C)c2ccccc21. The number of rotatable bonds is 5. The van der Waals surface area contributed by atoms with E-state index in [4.69, 9.17) is 4.74 Å². The van der Waals surface area contributed by atoms with E-state index >= 15 is 0 Å². The van der Waals surface area contributed by atoms with Gasteiger partial charge in [-0.15, -0.1) is 5.10 Å². The average Bonchev–Trinajstić information content (AvgIpc) is 3.35. The van der Waals surface area contributed by atoms with Crippen molar-refractivity contribution >= 4 is 17.4 Å². The van der Waals surface area contributed by atoms with Crippen molar-refractivity contribution in [3.05, 3.63) is 77.8 Å². The van der Waals surface area contributed by atoms with E-state index in [0.717, 1.165) is 16.9 Å². The first-order valence-corrected chi connectivity index (χ1v) is 9.47. The number of fused-ring (bicyclic) bond motifs is 1. The molecule has 2 heterocycles. The van der Waals surface area contributed by atoms with E-state index in [1.807, 2.05) is 30.1 Å². The molecule has 8 nitrogen and oxygen atoms in total. The maximum atomic E-state index is 12.5. The number of ether oxygens (including phenoxy) is 1. The third-order valence-corrected chi connectivity index (χ3v) is 5.30. The van der Waals surface area contributed by atoms with Gasteiger partial charge in [-0.1, -0.05) is 32.0 Å². The Kier molecular flexibility index (Phi) is 4.91. The molecule has 1 aliphatic rings. The zero-order chi connectivity index (χ0) is 21.3. The smallest absolute Gasteiger partial charge is 0.338 e. The van der Waals surface area contributed by atoms with Crippen LogP contribution in [-0.4, -0.2) is 45.6 Å². The summed E-state index contributed by atoms with van der Waals surface area (Å²) in [5.41, 5.74) is 3.85. The van der Waals surface area contributed by atoms with Gasteiger partial charge >= 0.3 is 5.97 Å². The molecule has 0 saturated carbocycles. The first-order valence-electron chi connectivity index (χ1n) is 9.47. The Morgan fingerprint density at radius 3 is 2.50 bits per heavy atom. The van der Waals surface area contributed by atoms with E-state index in [1.165, 1.54) is 11.0 Å². The minimum atomic E-state index is -0.563. The number of aromatic nitrogens is 4. The summed E-state index contributed by atoms with van der Waals surface area (Å²) in [6.07, 6.45) is 3.02. The number of benzene rings is 2. The number of hydrogen-bond donors (Lipinski definition) is 0. The number of ketones is 1. The van der Waals surface area contributed by atoms with Gasteiger partial charge in [-0.25, -0.2) is 9.48 Å². The molecular formula is C22H21N5O3. The lowest BCUT2D eigenvalue weighted by Gasteiger charge is -2.23. The second-order valence-corrected chi connectivity index (χ2v) is 7.57. The lowest BCUT2D eigenvalue weighted by molar-refractivity contribution is -0.117. The first kappa shape index (κ1) is 19.5. The lowest BCUT2D eigenvalue weighted by atomic mass is 9.83. The molecule has 0 fully saturated rings. The number of tetrazole rings is 1. The summed E-state index contributed by atoms with van der Waals surface area (Å²) in [6.45, 7) is 3.83. The predicted octanol–water partition coefficient (Wildman–Crippen LogP) is 2.70. The van der Waals surface area contributed by atoms with Gasteiger partial charge in [0.1, 0.15) is 6.33 Å². The van der Waals surface area contributed by atoms with Crippen molar-refractivity contribution in [2.75, 3.05) is 18.6 Å². The Hall–Kier alpha value is -3.81. The minimum absolute atomic E-state index is 0.267. The van der Waals surface area contributed by atoms with Gasteiger partial charge < -0.3 is 9.64 Å². The van der Waals surface area contributed by atoms with E-state index in [1.54, 1.807) is 30.3 Å². The Morgan fingerprint density at radius 2 is 1.83 bits per heavy atom. The number of hydrogen-bond acceptors (Lipinski definition) is 7. The molecule has 0 N–H and O–H groups in total. The molecule has 30 heavy (non-hydrogen) atoms. The molecule has 0 amide bonds. The minimum Gasteiger partial charge on any atom is -0.454 e. The van der Waals surface area contributed by atoms with Gasteiger partial charge in [-0.05, 0) is 46.3 Å². The fourth-order valence-corrected chi connectivity index (χ4v) is 3.70. The molecule has 2 aromatic carbocycles. The third-order valence-electron chi connectivity index (χ3n) is 5.30. The molecule has 4 rings (SSSR count). The fraction of sp³-hybridized carbons (Fsp3) is 0.227. The third kappa shape index (κ3) is 3.47. The molecule has 0 aliphatic carbocycles. The van der Waals surface area contributed by atoms with Gasteiger partial charge in [0.25, 0.3) is 0 Å². The maximum Gasteiger partial charge on any atom is 0.338 e. The van der Waals surface area contributed by atoms with Gasteiger partial charge in [-0.2, -0.15) is 0 Å². The average molecular weight is 403 g/mol. The summed E-state index contributed by atoms with van der Waals surface area (Å²) < 4.78 is 6.69. The monoisotopic (exact) mass is 403 g/mol. The number of allylic oxidation sites excluding steroid dienone is 1. The maximum absolute atomic E-state index is 12.5. The topological polar surface area (TPSA) is 90.2 Å². The van der Waals surface area contributed by atoms with Crippen LogP contribution in [0.15, 0.2) is 66.6 Å². The standard InChI is InChI=1S/C22H21N5O3/c1-22(2)18-6-4-5-7-19(18)26(3)20(22)12-17(28)13-30-21(29)15-8-10-16(11-9-15)27-14-23-24-25-27/h4-12,14H,13H2,1-3H3/b20-12-. The molecule has 0 saturated heterocycles. The number of carbonyl (C=O) groups excluding carboxylic acids is 2. The Bertz CT molecular complexity index is 1120. The molecule has 0 spiro atoms. The molecular weight excluding hydrogens is 382 g/mol. The molecule has 8 heteroatoms. The van der Waals surface area contributed by atoms with E-state index in [-0.39, 0.29) is 17.8 Å². The van der Waals surface area contributed by atoms with Gasteiger partial charge in [0.2, 0.25) is 0 Å². The summed E-state index contributed by atoms with van der Waals surface area (Å²) >= 11 is 0. The highest BCUT2D eigenvalue weighted by Gasteiger charge is 2.38. The van der Waals surface area contributed by atoms with Gasteiger partial charge in [0.15, 0.2) is 12.4 Å². The Labute approximate surface area is 173 Å². The zero-order valence-electron chi connectivity index (χ0n) is 16.9. The van der Waals surface area contributed by atoms with Crippen LogP contribution in [0.25, 0.3) is 5.69 Å². The zero-order valence-corrected chi connectivity index (χ0v) is 16.9. The van der Waals surface area contributed by atoms with E-state index < -0.39 is 5.97 Å². The predicted molar refractivity (Wildman–Crippen MR) is 110 cm³/mol. The van der Waals surface area contributed by atoms with Gasteiger partial charge in [0, 0.05) is 29.9 Å². The quantitative estimate of drug-likeness (QED) is 0.478. The summed E-state index contributed by atoms with van der Waals surface area (Å²) in [5, 5.41) is 10.9. The molecule has 1 aliphatic heterocycles. The number of nitrogens with zero attached hydrogens (tertiary/aromatic N) is 5. The van der Waals surface area contributed by atoms with Crippen molar-refractivity contribution < 1.29 is 14.3 Å². The van der Waals surface area contributed by atoms with Crippen LogP contribution in [0.1, 0.15) is 29.8 Å². The number of likely N-dealkylation sites (N-methyl/N-ethyl adjacent to an activating group) is 1. The Morgan fingerprint density at radius 1 is 1.10 bits per heavy atom. The van der Waals surface area contributed by atoms with Crippen LogP contribution in [0.4, 0.5) is 5.69 Å². The van der Waals surface area contributed by atoms with Crippen LogP contribution in [0.3, 0.4) is 0 Å². The van der Waals surface area contributed by atoms with Crippen LogP contribution >= 0.6 is 0 Å². The van der Waals surface area contributed by atoms with Crippen LogP contribution in [0.5, 0.6) is 0 Å². The second-order valence-electron chi connectivity index (χ2n) is 7.57. The molecule has 0 atom stereocenters. The molecule has 0 unspecified atom stereocenters. The highest BCUT2D eigenvalue weighted by Crippen LogP contribution is 2.46. The number of carbonyl (C=O) groups is 2. The van der Waals surface area contributed by atoms with Crippen LogP contribution in [-0.2, 0) is 14.9 Å². The van der Waals surface area contributed by atoms with Crippen molar-refractivity contribution in [2.45, 2.75) is 19.3 Å². The number of esters is 1. The highest BCUT2D eigenvalue weighted by molar-refractivity contribution is 5.96. The molecule has 152 valence electrons. The van der Waals surface area contributed by atoms with E-state index in [0.29, 0.717) is 11.3 Å². The Balaban J connectivity index is 1.42. The summed E-state index contributed by atoms with van der Waals surface area (Å²) in [7, 11) is 1.94. The number of para-hydroxylation sites is 1. The van der Waals surface area contributed by atoms with Crippen molar-refractivity contribution in [3.8, 4) is 5.69 Å². The molecule has 1 aromatic heterocycles. The van der Waals surface area contributed by atoms with Gasteiger partial charge in [-0.3, -0.25) is 4.79 Å². The lowest BCUT2D eigenvalue weighted by Crippen LogP contribution is -2.25. The van der Waals surface area contributed by atoms with Crippen molar-refractivity contribution in [1.29, 1.82) is 0 Å². The molecule has 0 radical (unpaired) electrons. The molecule has 0 bridgehead atoms. The summed E-state index contributed by atoms with van der Waals surface area (Å²) in [5.74, 6) is -0.830.